The molecule has 1 amide bonds. The van der Waals surface area contributed by atoms with Crippen LogP contribution in [0.5, 0.6) is 5.75 Å². The quantitative estimate of drug-likeness (QED) is 0.815. The number of rotatable bonds is 6. The molecule has 1 aromatic carbocycles. The average molecular weight is 384 g/mol. The SMILES string of the molecule is NC(=O)[C@H]1CC[C@H](CCN2CCC(Oc3c(F)cc(F)cc3F)CC2)CC1. The molecule has 1 aliphatic carbocycles. The van der Waals surface area contributed by atoms with Crippen LogP contribution in [0.15, 0.2) is 12.1 Å². The molecule has 150 valence electrons. The van der Waals surface area contributed by atoms with Crippen molar-refractivity contribution in [3.63, 3.8) is 0 Å². The zero-order chi connectivity index (χ0) is 19.4. The van der Waals surface area contributed by atoms with E-state index in [4.69, 9.17) is 10.5 Å². The Morgan fingerprint density at radius 1 is 1.04 bits per heavy atom. The first-order valence-electron chi connectivity index (χ1n) is 9.75. The lowest BCUT2D eigenvalue weighted by atomic mass is 9.80. The molecule has 3 rings (SSSR count). The summed E-state index contributed by atoms with van der Waals surface area (Å²) in [6.07, 6.45) is 6.09. The highest BCUT2D eigenvalue weighted by Gasteiger charge is 2.27. The number of primary amides is 1. The van der Waals surface area contributed by atoms with Gasteiger partial charge in [0.1, 0.15) is 11.9 Å². The van der Waals surface area contributed by atoms with Crippen molar-refractivity contribution in [2.45, 2.75) is 51.0 Å². The van der Waals surface area contributed by atoms with Crippen LogP contribution in [0.3, 0.4) is 0 Å². The third-order valence-corrected chi connectivity index (χ3v) is 5.88. The van der Waals surface area contributed by atoms with E-state index < -0.39 is 23.2 Å². The van der Waals surface area contributed by atoms with Gasteiger partial charge in [0.05, 0.1) is 0 Å². The number of carbonyl (C=O) groups excluding carboxylic acids is 1. The Morgan fingerprint density at radius 2 is 1.63 bits per heavy atom. The van der Waals surface area contributed by atoms with Gasteiger partial charge in [-0.15, -0.1) is 0 Å². The van der Waals surface area contributed by atoms with E-state index in [1.165, 1.54) is 0 Å². The fourth-order valence-corrected chi connectivity index (χ4v) is 4.16. The lowest BCUT2D eigenvalue weighted by molar-refractivity contribution is -0.123. The van der Waals surface area contributed by atoms with E-state index in [2.05, 4.69) is 4.90 Å². The van der Waals surface area contributed by atoms with Crippen molar-refractivity contribution in [2.24, 2.45) is 17.6 Å². The lowest BCUT2D eigenvalue weighted by Crippen LogP contribution is -2.39. The van der Waals surface area contributed by atoms with Gasteiger partial charge in [0, 0.05) is 31.1 Å². The Kier molecular flexibility index (Phi) is 6.63. The van der Waals surface area contributed by atoms with Crippen LogP contribution in [0.2, 0.25) is 0 Å². The van der Waals surface area contributed by atoms with E-state index in [0.29, 0.717) is 30.9 Å². The minimum Gasteiger partial charge on any atom is -0.484 e. The molecule has 1 aliphatic heterocycles. The maximum absolute atomic E-state index is 13.7. The van der Waals surface area contributed by atoms with Gasteiger partial charge in [0.2, 0.25) is 5.91 Å². The fraction of sp³-hybridized carbons (Fsp3) is 0.650. The average Bonchev–Trinajstić information content (AvgIpc) is 2.64. The van der Waals surface area contributed by atoms with Gasteiger partial charge in [-0.2, -0.15) is 0 Å². The number of nitrogens with zero attached hydrogens (tertiary/aromatic N) is 1. The minimum atomic E-state index is -0.999. The number of hydrogen-bond donors (Lipinski definition) is 1. The number of piperidine rings is 1. The number of ether oxygens (including phenoxy) is 1. The highest BCUT2D eigenvalue weighted by atomic mass is 19.1. The van der Waals surface area contributed by atoms with Gasteiger partial charge in [-0.05, 0) is 57.4 Å². The first-order valence-corrected chi connectivity index (χ1v) is 9.75. The fourth-order valence-electron chi connectivity index (χ4n) is 4.16. The van der Waals surface area contributed by atoms with Crippen LogP contribution in [-0.4, -0.2) is 36.5 Å². The summed E-state index contributed by atoms with van der Waals surface area (Å²) in [5.74, 6) is -2.93. The van der Waals surface area contributed by atoms with E-state index >= 15 is 0 Å². The molecular formula is C20H27F3N2O2. The highest BCUT2D eigenvalue weighted by molar-refractivity contribution is 5.76. The second-order valence-corrected chi connectivity index (χ2v) is 7.77. The molecule has 7 heteroatoms. The third kappa shape index (κ3) is 5.37. The molecule has 2 fully saturated rings. The van der Waals surface area contributed by atoms with Crippen LogP contribution in [-0.2, 0) is 4.79 Å². The standard InChI is InChI=1S/C20H27F3N2O2/c21-15-11-17(22)19(18(23)12-15)27-16-6-9-25(10-7-16)8-5-13-1-3-14(4-2-13)20(24)26/h11-14,16H,1-10H2,(H2,24,26)/t13-,14-. The second kappa shape index (κ2) is 8.95. The van der Waals surface area contributed by atoms with Crippen molar-refractivity contribution >= 4 is 5.91 Å². The van der Waals surface area contributed by atoms with E-state index in [1.807, 2.05) is 0 Å². The largest absolute Gasteiger partial charge is 0.484 e. The zero-order valence-corrected chi connectivity index (χ0v) is 15.4. The Morgan fingerprint density at radius 3 is 2.19 bits per heavy atom. The van der Waals surface area contributed by atoms with Crippen LogP contribution in [0.1, 0.15) is 44.9 Å². The van der Waals surface area contributed by atoms with Crippen LogP contribution in [0.4, 0.5) is 13.2 Å². The Bertz CT molecular complexity index is 632. The summed E-state index contributed by atoms with van der Waals surface area (Å²) in [5, 5.41) is 0. The van der Waals surface area contributed by atoms with Crippen molar-refractivity contribution in [1.29, 1.82) is 0 Å². The van der Waals surface area contributed by atoms with Gasteiger partial charge in [-0.3, -0.25) is 4.79 Å². The molecule has 2 aliphatic rings. The first kappa shape index (κ1) is 20.0. The molecule has 0 bridgehead atoms. The minimum absolute atomic E-state index is 0.0430. The number of carbonyl (C=O) groups is 1. The Hall–Kier alpha value is -1.76. The van der Waals surface area contributed by atoms with E-state index in [0.717, 1.165) is 51.7 Å². The predicted octanol–water partition coefficient (Wildman–Crippen LogP) is 3.63. The van der Waals surface area contributed by atoms with Crippen molar-refractivity contribution in [2.75, 3.05) is 19.6 Å². The molecule has 1 saturated heterocycles. The van der Waals surface area contributed by atoms with Crippen LogP contribution in [0.25, 0.3) is 0 Å². The molecule has 1 saturated carbocycles. The maximum Gasteiger partial charge on any atom is 0.220 e. The smallest absolute Gasteiger partial charge is 0.220 e. The third-order valence-electron chi connectivity index (χ3n) is 5.88. The van der Waals surface area contributed by atoms with Gasteiger partial charge in [0.25, 0.3) is 0 Å². The molecule has 4 nitrogen and oxygen atoms in total. The maximum atomic E-state index is 13.7. The molecule has 0 atom stereocenters. The van der Waals surface area contributed by atoms with Crippen molar-refractivity contribution < 1.29 is 22.7 Å². The number of halogens is 3. The van der Waals surface area contributed by atoms with Crippen LogP contribution < -0.4 is 10.5 Å². The molecular weight excluding hydrogens is 357 g/mol. The first-order chi connectivity index (χ1) is 12.9. The van der Waals surface area contributed by atoms with Gasteiger partial charge < -0.3 is 15.4 Å². The number of benzene rings is 1. The summed E-state index contributed by atoms with van der Waals surface area (Å²) >= 11 is 0. The summed E-state index contributed by atoms with van der Waals surface area (Å²) in [7, 11) is 0. The monoisotopic (exact) mass is 384 g/mol. The van der Waals surface area contributed by atoms with E-state index in [9.17, 15) is 18.0 Å². The molecule has 0 aromatic heterocycles. The second-order valence-electron chi connectivity index (χ2n) is 7.77. The summed E-state index contributed by atoms with van der Waals surface area (Å²) in [6, 6.07) is 1.28. The molecule has 0 unspecified atom stereocenters. The van der Waals surface area contributed by atoms with Crippen LogP contribution >= 0.6 is 0 Å². The summed E-state index contributed by atoms with van der Waals surface area (Å²) in [6.45, 7) is 2.61. The number of amides is 1. The normalized spacial score (nSPS) is 24.7. The molecule has 1 aromatic rings. The summed E-state index contributed by atoms with van der Waals surface area (Å²) < 4.78 is 45.8. The molecule has 0 spiro atoms. The number of nitrogens with two attached hydrogens (primary N) is 1. The molecule has 0 radical (unpaired) electrons. The summed E-state index contributed by atoms with van der Waals surface area (Å²) in [4.78, 5) is 13.6. The van der Waals surface area contributed by atoms with Gasteiger partial charge >= 0.3 is 0 Å². The van der Waals surface area contributed by atoms with Crippen molar-refractivity contribution in [3.8, 4) is 5.75 Å². The van der Waals surface area contributed by atoms with E-state index in [1.54, 1.807) is 0 Å². The molecule has 2 N–H and O–H groups in total. The summed E-state index contributed by atoms with van der Waals surface area (Å²) in [5.41, 5.74) is 5.37. The Labute approximate surface area is 157 Å². The van der Waals surface area contributed by atoms with Crippen molar-refractivity contribution in [1.82, 2.24) is 4.90 Å². The van der Waals surface area contributed by atoms with Crippen LogP contribution in [0, 0.1) is 29.3 Å². The lowest BCUT2D eigenvalue weighted by Gasteiger charge is -2.34. The number of hydrogen-bond acceptors (Lipinski definition) is 3. The van der Waals surface area contributed by atoms with Crippen molar-refractivity contribution in [3.05, 3.63) is 29.6 Å². The predicted molar refractivity (Wildman–Crippen MR) is 95.7 cm³/mol. The Balaban J connectivity index is 1.39. The zero-order valence-electron chi connectivity index (χ0n) is 15.4. The topological polar surface area (TPSA) is 55.6 Å². The van der Waals surface area contributed by atoms with Gasteiger partial charge in [0.15, 0.2) is 17.4 Å². The molecule has 1 heterocycles. The molecule has 27 heavy (non-hydrogen) atoms. The van der Waals surface area contributed by atoms with Gasteiger partial charge in [-0.25, -0.2) is 13.2 Å². The van der Waals surface area contributed by atoms with E-state index in [-0.39, 0.29) is 17.9 Å². The van der Waals surface area contributed by atoms with Gasteiger partial charge in [-0.1, -0.05) is 0 Å². The number of likely N-dealkylation sites (tertiary alicyclic amines) is 1. The highest BCUT2D eigenvalue weighted by Crippen LogP contribution is 2.31.